The van der Waals surface area contributed by atoms with Gasteiger partial charge in [-0.3, -0.25) is 19.6 Å². The first kappa shape index (κ1) is 24.8. The zero-order valence-electron chi connectivity index (χ0n) is 17.7. The lowest BCUT2D eigenvalue weighted by atomic mass is 9.80. The van der Waals surface area contributed by atoms with E-state index >= 15 is 0 Å². The van der Waals surface area contributed by atoms with Gasteiger partial charge in [-0.15, -0.1) is 17.9 Å². The van der Waals surface area contributed by atoms with Crippen molar-refractivity contribution >= 4 is 34.2 Å². The lowest BCUT2D eigenvalue weighted by molar-refractivity contribution is -0.141. The molecule has 0 bridgehead atoms. The van der Waals surface area contributed by atoms with Crippen molar-refractivity contribution in [2.24, 2.45) is 23.2 Å². The van der Waals surface area contributed by atoms with Crippen molar-refractivity contribution in [2.75, 3.05) is 5.32 Å². The average Bonchev–Trinajstić information content (AvgIpc) is 3.13. The summed E-state index contributed by atoms with van der Waals surface area (Å²) in [6, 6.07) is -0.838. The van der Waals surface area contributed by atoms with E-state index in [9.17, 15) is 14.4 Å². The van der Waals surface area contributed by atoms with Gasteiger partial charge in [0.1, 0.15) is 6.04 Å². The molecule has 0 aliphatic heterocycles. The summed E-state index contributed by atoms with van der Waals surface area (Å²) in [7, 11) is 0. The first-order valence-electron chi connectivity index (χ1n) is 9.56. The number of hydroxylamine groups is 1. The van der Waals surface area contributed by atoms with Gasteiger partial charge in [-0.05, 0) is 24.2 Å². The molecule has 8 nitrogen and oxygen atoms in total. The van der Waals surface area contributed by atoms with Crippen LogP contribution in [-0.2, 0) is 14.4 Å². The second-order valence-electron chi connectivity index (χ2n) is 8.48. The van der Waals surface area contributed by atoms with Crippen molar-refractivity contribution < 1.29 is 19.6 Å². The summed E-state index contributed by atoms with van der Waals surface area (Å²) in [5.74, 6) is -2.83. The highest BCUT2D eigenvalue weighted by Crippen LogP contribution is 2.27. The van der Waals surface area contributed by atoms with Crippen LogP contribution in [0, 0.1) is 23.2 Å². The molecule has 1 aromatic heterocycles. The third kappa shape index (κ3) is 7.58. The predicted molar refractivity (Wildman–Crippen MR) is 113 cm³/mol. The van der Waals surface area contributed by atoms with Crippen molar-refractivity contribution in [1.82, 2.24) is 15.8 Å². The molecule has 3 amide bonds. The van der Waals surface area contributed by atoms with E-state index in [1.54, 1.807) is 17.1 Å². The first-order valence-corrected chi connectivity index (χ1v) is 10.4. The van der Waals surface area contributed by atoms with Crippen molar-refractivity contribution in [3.63, 3.8) is 0 Å². The second kappa shape index (κ2) is 11.1. The van der Waals surface area contributed by atoms with Crippen LogP contribution in [0.1, 0.15) is 47.5 Å². The molecule has 0 aromatic carbocycles. The van der Waals surface area contributed by atoms with Gasteiger partial charge in [-0.1, -0.05) is 40.7 Å². The van der Waals surface area contributed by atoms with Gasteiger partial charge < -0.3 is 10.6 Å². The molecule has 0 aliphatic rings. The molecule has 0 fully saturated rings. The summed E-state index contributed by atoms with van der Waals surface area (Å²) < 4.78 is 0. The van der Waals surface area contributed by atoms with Crippen molar-refractivity contribution in [2.45, 2.75) is 53.5 Å². The highest BCUT2D eigenvalue weighted by atomic mass is 32.1. The molecule has 162 valence electrons. The van der Waals surface area contributed by atoms with Crippen molar-refractivity contribution in [3.05, 3.63) is 24.2 Å². The van der Waals surface area contributed by atoms with Crippen LogP contribution in [0.4, 0.5) is 5.13 Å². The summed E-state index contributed by atoms with van der Waals surface area (Å²) in [4.78, 5) is 42.2. The van der Waals surface area contributed by atoms with E-state index in [-0.39, 0.29) is 18.2 Å². The molecule has 0 radical (unpaired) electrons. The summed E-state index contributed by atoms with van der Waals surface area (Å²) in [6.45, 7) is 13.1. The largest absolute Gasteiger partial charge is 0.344 e. The van der Waals surface area contributed by atoms with Gasteiger partial charge in [0.25, 0.3) is 0 Å². The van der Waals surface area contributed by atoms with Crippen molar-refractivity contribution in [1.29, 1.82) is 0 Å². The van der Waals surface area contributed by atoms with Crippen LogP contribution in [0.5, 0.6) is 0 Å². The summed E-state index contributed by atoms with van der Waals surface area (Å²) in [5, 5.41) is 16.8. The minimum absolute atomic E-state index is 0.127. The van der Waals surface area contributed by atoms with Gasteiger partial charge in [0.2, 0.25) is 17.7 Å². The molecular formula is C20H32N4O4S. The standard InChI is InChI=1S/C20H32N4O4S/c1-7-8-13(17(26)24-28)14(11-12(2)3)16(25)22-15(20(4,5)6)18(27)23-19-21-9-10-29-19/h7,9-10,12-15,28H,1,8,11H2,2-6H3,(H,22,25)(H,24,26)(H,21,23,27)/t13-,14-,15+/m0/s1. The van der Waals surface area contributed by atoms with Gasteiger partial charge in [-0.2, -0.15) is 0 Å². The van der Waals surface area contributed by atoms with E-state index in [0.29, 0.717) is 11.6 Å². The lowest BCUT2D eigenvalue weighted by Crippen LogP contribution is -2.54. The molecule has 0 unspecified atom stereocenters. The Morgan fingerprint density at radius 2 is 1.86 bits per heavy atom. The highest BCUT2D eigenvalue weighted by molar-refractivity contribution is 7.13. The Kier molecular flexibility index (Phi) is 9.45. The lowest BCUT2D eigenvalue weighted by Gasteiger charge is -2.33. The Labute approximate surface area is 176 Å². The third-order valence-electron chi connectivity index (χ3n) is 4.49. The highest BCUT2D eigenvalue weighted by Gasteiger charge is 2.38. The number of carbonyl (C=O) groups excluding carboxylic acids is 3. The van der Waals surface area contributed by atoms with Gasteiger partial charge >= 0.3 is 0 Å². The second-order valence-corrected chi connectivity index (χ2v) is 9.37. The van der Waals surface area contributed by atoms with Crippen LogP contribution in [0.15, 0.2) is 24.2 Å². The smallest absolute Gasteiger partial charge is 0.249 e. The van der Waals surface area contributed by atoms with Gasteiger partial charge in [-0.25, -0.2) is 10.5 Å². The minimum atomic E-state index is -0.838. The van der Waals surface area contributed by atoms with Crippen LogP contribution in [0.2, 0.25) is 0 Å². The topological polar surface area (TPSA) is 120 Å². The SMILES string of the molecule is C=CC[C@H](C(=O)NO)[C@H](CC(C)C)C(=O)N[C@H](C(=O)Nc1nccs1)C(C)(C)C. The summed E-state index contributed by atoms with van der Waals surface area (Å²) in [5.41, 5.74) is 1.06. The number of hydrogen-bond acceptors (Lipinski definition) is 6. The molecule has 0 spiro atoms. The Balaban J connectivity index is 3.11. The molecule has 0 saturated heterocycles. The predicted octanol–water partition coefficient (Wildman–Crippen LogP) is 2.97. The van der Waals surface area contributed by atoms with Crippen LogP contribution in [-0.4, -0.2) is 34.0 Å². The van der Waals surface area contributed by atoms with E-state index < -0.39 is 35.1 Å². The number of nitrogens with zero attached hydrogens (tertiary/aromatic N) is 1. The molecule has 1 rings (SSSR count). The minimum Gasteiger partial charge on any atom is -0.344 e. The Hall–Kier alpha value is -2.26. The van der Waals surface area contributed by atoms with E-state index in [2.05, 4.69) is 22.2 Å². The zero-order valence-corrected chi connectivity index (χ0v) is 18.5. The molecule has 0 aliphatic carbocycles. The quantitative estimate of drug-likeness (QED) is 0.261. The van der Waals surface area contributed by atoms with Crippen LogP contribution in [0.3, 0.4) is 0 Å². The molecule has 29 heavy (non-hydrogen) atoms. The molecule has 1 aromatic rings. The zero-order chi connectivity index (χ0) is 22.2. The average molecular weight is 425 g/mol. The van der Waals surface area contributed by atoms with Gasteiger partial charge in [0.05, 0.1) is 11.8 Å². The number of aromatic nitrogens is 1. The van der Waals surface area contributed by atoms with E-state index in [4.69, 9.17) is 5.21 Å². The molecule has 3 atom stereocenters. The number of allylic oxidation sites excluding steroid dienone is 1. The molecule has 0 saturated carbocycles. The number of anilines is 1. The Morgan fingerprint density at radius 1 is 1.21 bits per heavy atom. The molecule has 4 N–H and O–H groups in total. The van der Waals surface area contributed by atoms with E-state index in [1.165, 1.54) is 17.4 Å². The van der Waals surface area contributed by atoms with E-state index in [0.717, 1.165) is 0 Å². The number of amides is 3. The number of nitrogens with one attached hydrogen (secondary N) is 3. The third-order valence-corrected chi connectivity index (χ3v) is 5.18. The number of hydrogen-bond donors (Lipinski definition) is 4. The fraction of sp³-hybridized carbons (Fsp3) is 0.600. The molecule has 1 heterocycles. The molecule has 9 heteroatoms. The maximum absolute atomic E-state index is 13.2. The number of thiazole rings is 1. The first-order chi connectivity index (χ1) is 13.5. The van der Waals surface area contributed by atoms with Crippen LogP contribution < -0.4 is 16.1 Å². The maximum Gasteiger partial charge on any atom is 0.249 e. The van der Waals surface area contributed by atoms with E-state index in [1.807, 2.05) is 34.6 Å². The Bertz CT molecular complexity index is 698. The number of rotatable bonds is 10. The fourth-order valence-electron chi connectivity index (χ4n) is 3.07. The summed E-state index contributed by atoms with van der Waals surface area (Å²) in [6.07, 6.45) is 3.76. The van der Waals surface area contributed by atoms with Crippen LogP contribution >= 0.6 is 11.3 Å². The monoisotopic (exact) mass is 424 g/mol. The fourth-order valence-corrected chi connectivity index (χ4v) is 3.60. The number of carbonyl (C=O) groups is 3. The van der Waals surface area contributed by atoms with Gasteiger partial charge in [0, 0.05) is 11.6 Å². The normalized spacial score (nSPS) is 14.6. The maximum atomic E-state index is 13.2. The van der Waals surface area contributed by atoms with Crippen LogP contribution in [0.25, 0.3) is 0 Å². The Morgan fingerprint density at radius 3 is 2.31 bits per heavy atom. The van der Waals surface area contributed by atoms with Gasteiger partial charge in [0.15, 0.2) is 5.13 Å². The summed E-state index contributed by atoms with van der Waals surface area (Å²) >= 11 is 1.28. The molecular weight excluding hydrogens is 392 g/mol. The van der Waals surface area contributed by atoms with Crippen molar-refractivity contribution in [3.8, 4) is 0 Å².